The lowest BCUT2D eigenvalue weighted by Gasteiger charge is -2.36. The van der Waals surface area contributed by atoms with Crippen LogP contribution in [-0.2, 0) is 4.43 Å². The van der Waals surface area contributed by atoms with E-state index in [-0.39, 0.29) is 5.04 Å². The monoisotopic (exact) mass is 462 g/mol. The molecule has 170 valence electrons. The predicted octanol–water partition coefficient (Wildman–Crippen LogP) is 6.97. The first-order valence-electron chi connectivity index (χ1n) is 11.8. The van der Waals surface area contributed by atoms with Gasteiger partial charge in [0.2, 0.25) is 0 Å². The van der Waals surface area contributed by atoms with E-state index in [1.54, 1.807) is 0 Å². The van der Waals surface area contributed by atoms with Crippen LogP contribution in [0.2, 0.25) is 18.1 Å². The molecular formula is C29H39OPSi. The van der Waals surface area contributed by atoms with E-state index in [2.05, 4.69) is 131 Å². The smallest absolute Gasteiger partial charge is 0.191 e. The third-order valence-corrected chi connectivity index (χ3v) is 15.4. The summed E-state index contributed by atoms with van der Waals surface area (Å²) in [7, 11) is -1.66. The third kappa shape index (κ3) is 5.73. The van der Waals surface area contributed by atoms with Crippen LogP contribution in [0.25, 0.3) is 0 Å². The molecule has 0 fully saturated rings. The summed E-state index contributed by atoms with van der Waals surface area (Å²) in [4.78, 5) is 0. The Labute approximate surface area is 197 Å². The number of unbranched alkanes of at least 4 members (excludes halogenated alkanes) is 2. The summed E-state index contributed by atoms with van der Waals surface area (Å²) in [6.07, 6.45) is 3.36. The van der Waals surface area contributed by atoms with Crippen molar-refractivity contribution in [1.82, 2.24) is 0 Å². The average molecular weight is 463 g/mol. The lowest BCUT2D eigenvalue weighted by molar-refractivity contribution is 0.280. The zero-order chi connectivity index (χ0) is 23.1. The zero-order valence-electron chi connectivity index (χ0n) is 20.4. The van der Waals surface area contributed by atoms with E-state index < -0.39 is 15.2 Å². The van der Waals surface area contributed by atoms with Gasteiger partial charge in [0.1, 0.15) is 0 Å². The zero-order valence-corrected chi connectivity index (χ0v) is 22.3. The quantitative estimate of drug-likeness (QED) is 0.189. The van der Waals surface area contributed by atoms with Crippen LogP contribution < -0.4 is 15.9 Å². The fourth-order valence-electron chi connectivity index (χ4n) is 3.83. The van der Waals surface area contributed by atoms with E-state index in [0.717, 1.165) is 25.9 Å². The van der Waals surface area contributed by atoms with Crippen LogP contribution in [0.4, 0.5) is 0 Å². The molecule has 0 radical (unpaired) electrons. The predicted molar refractivity (Wildman–Crippen MR) is 148 cm³/mol. The normalized spacial score (nSPS) is 12.5. The van der Waals surface area contributed by atoms with Crippen LogP contribution >= 0.6 is 6.89 Å². The first-order valence-corrected chi connectivity index (χ1v) is 16.6. The van der Waals surface area contributed by atoms with Gasteiger partial charge in [0.15, 0.2) is 8.32 Å². The van der Waals surface area contributed by atoms with Crippen LogP contribution in [0.5, 0.6) is 0 Å². The topological polar surface area (TPSA) is 9.23 Å². The Morgan fingerprint density at radius 3 is 1.47 bits per heavy atom. The molecule has 3 aromatic carbocycles. The van der Waals surface area contributed by atoms with Crippen LogP contribution in [0, 0.1) is 0 Å². The molecule has 3 heteroatoms. The highest BCUT2D eigenvalue weighted by molar-refractivity contribution is 7.94. The highest BCUT2D eigenvalue weighted by atomic mass is 31.2. The average Bonchev–Trinajstić information content (AvgIpc) is 2.80. The summed E-state index contributed by atoms with van der Waals surface area (Å²) in [5.41, 5.74) is 0. The Kier molecular flexibility index (Phi) is 8.39. The first-order chi connectivity index (χ1) is 15.3. The van der Waals surface area contributed by atoms with Gasteiger partial charge in [0.25, 0.3) is 0 Å². The molecule has 0 unspecified atom stereocenters. The molecule has 0 spiro atoms. The summed E-state index contributed by atoms with van der Waals surface area (Å²) in [6.45, 7) is 10.7. The lowest BCUT2D eigenvalue weighted by atomic mass is 10.2. The van der Waals surface area contributed by atoms with E-state index in [1.807, 2.05) is 0 Å². The fraction of sp³-hybridized carbons (Fsp3) is 0.345. The molecule has 0 atom stereocenters. The minimum absolute atomic E-state index is 0.272. The van der Waals surface area contributed by atoms with Crippen molar-refractivity contribution in [3.05, 3.63) is 91.0 Å². The molecule has 0 bridgehead atoms. The first kappa shape index (κ1) is 24.8. The maximum absolute atomic E-state index is 6.41. The molecule has 0 aliphatic rings. The molecule has 0 aliphatic carbocycles. The van der Waals surface area contributed by atoms with Crippen molar-refractivity contribution >= 4 is 36.9 Å². The lowest BCUT2D eigenvalue weighted by Crippen LogP contribution is -2.40. The molecule has 0 N–H and O–H groups in total. The van der Waals surface area contributed by atoms with Crippen molar-refractivity contribution < 1.29 is 4.43 Å². The highest BCUT2D eigenvalue weighted by Gasteiger charge is 2.36. The van der Waals surface area contributed by atoms with Crippen LogP contribution in [-0.4, -0.2) is 20.7 Å². The molecule has 0 saturated heterocycles. The number of hydrogen-bond donors (Lipinski definition) is 0. The van der Waals surface area contributed by atoms with Gasteiger partial charge >= 0.3 is 0 Å². The van der Waals surface area contributed by atoms with Crippen molar-refractivity contribution in [2.45, 2.75) is 58.2 Å². The Morgan fingerprint density at radius 2 is 1.09 bits per heavy atom. The SMILES string of the molecule is CC(C)(C)[Si](C)(C)OCCCCC=P(c1ccccc1)(c1ccccc1)c1ccccc1. The van der Waals surface area contributed by atoms with E-state index in [1.165, 1.54) is 15.9 Å². The standard InChI is InChI=1S/C29H39OPSi/c1-29(2,3)32(4,5)30-24-16-9-17-25-31(26-18-10-6-11-19-26,27-20-12-7-13-21-27)28-22-14-8-15-23-28/h6-8,10-15,18-23,25H,9,16-17,24H2,1-5H3. The van der Waals surface area contributed by atoms with Crippen LogP contribution in [0.1, 0.15) is 40.0 Å². The number of rotatable bonds is 9. The van der Waals surface area contributed by atoms with Crippen LogP contribution in [0.15, 0.2) is 91.0 Å². The van der Waals surface area contributed by atoms with E-state index in [0.29, 0.717) is 0 Å². The van der Waals surface area contributed by atoms with E-state index >= 15 is 0 Å². The van der Waals surface area contributed by atoms with Crippen molar-refractivity contribution in [3.8, 4) is 0 Å². The highest BCUT2D eigenvalue weighted by Crippen LogP contribution is 2.44. The second-order valence-electron chi connectivity index (χ2n) is 10.0. The van der Waals surface area contributed by atoms with Crippen molar-refractivity contribution in [3.63, 3.8) is 0 Å². The molecule has 3 aromatic rings. The summed E-state index contributed by atoms with van der Waals surface area (Å²) >= 11 is 0. The molecule has 0 heterocycles. The molecular weight excluding hydrogens is 423 g/mol. The van der Waals surface area contributed by atoms with E-state index in [9.17, 15) is 0 Å². The summed E-state index contributed by atoms with van der Waals surface area (Å²) in [5, 5.41) is 4.55. The van der Waals surface area contributed by atoms with Gasteiger partial charge in [0.05, 0.1) is 0 Å². The number of benzene rings is 3. The molecule has 32 heavy (non-hydrogen) atoms. The molecule has 0 aliphatic heterocycles. The van der Waals surface area contributed by atoms with Crippen molar-refractivity contribution in [2.24, 2.45) is 0 Å². The molecule has 0 amide bonds. The second-order valence-corrected chi connectivity index (χ2v) is 18.2. The van der Waals surface area contributed by atoms with Gasteiger partial charge in [-0.3, -0.25) is 0 Å². The fourth-order valence-corrected chi connectivity index (χ4v) is 8.94. The minimum atomic E-state index is -1.82. The Bertz CT molecular complexity index is 902. The van der Waals surface area contributed by atoms with Gasteiger partial charge in [-0.15, -0.1) is 0 Å². The van der Waals surface area contributed by atoms with Gasteiger partial charge in [-0.2, -0.15) is 0 Å². The van der Waals surface area contributed by atoms with E-state index in [4.69, 9.17) is 4.43 Å². The minimum Gasteiger partial charge on any atom is -0.417 e. The summed E-state index contributed by atoms with van der Waals surface area (Å²) < 4.78 is 6.41. The van der Waals surface area contributed by atoms with Gasteiger partial charge in [-0.1, -0.05) is 118 Å². The van der Waals surface area contributed by atoms with Crippen molar-refractivity contribution in [1.29, 1.82) is 0 Å². The Balaban J connectivity index is 1.89. The molecule has 3 rings (SSSR count). The van der Waals surface area contributed by atoms with Gasteiger partial charge < -0.3 is 4.43 Å². The number of hydrogen-bond acceptors (Lipinski definition) is 1. The Hall–Kier alpha value is -1.86. The van der Waals surface area contributed by atoms with Gasteiger partial charge in [-0.25, -0.2) is 0 Å². The summed E-state index contributed by atoms with van der Waals surface area (Å²) in [5.74, 6) is 2.64. The Morgan fingerprint density at radius 1 is 0.688 bits per heavy atom. The molecule has 0 aromatic heterocycles. The van der Waals surface area contributed by atoms with Crippen molar-refractivity contribution in [2.75, 3.05) is 6.61 Å². The van der Waals surface area contributed by atoms with Gasteiger partial charge in [-0.05, 0) is 60.2 Å². The largest absolute Gasteiger partial charge is 0.417 e. The third-order valence-electron chi connectivity index (χ3n) is 6.76. The summed E-state index contributed by atoms with van der Waals surface area (Å²) in [6, 6.07) is 33.3. The van der Waals surface area contributed by atoms with Gasteiger partial charge in [0, 0.05) is 6.61 Å². The maximum Gasteiger partial charge on any atom is 0.191 e. The molecule has 0 saturated carbocycles. The second kappa shape index (κ2) is 10.8. The van der Waals surface area contributed by atoms with Crippen LogP contribution in [0.3, 0.4) is 0 Å². The molecule has 1 nitrogen and oxygen atoms in total. The maximum atomic E-state index is 6.41.